The van der Waals surface area contributed by atoms with E-state index in [9.17, 15) is 4.79 Å². The number of carbonyl (C=O) groups is 1. The number of benzene rings is 1. The molecule has 1 amide bonds. The molecule has 21 heavy (non-hydrogen) atoms. The Hall–Kier alpha value is -2.47. The number of nitrogen functional groups attached to an aromatic ring is 1. The van der Waals surface area contributed by atoms with Crippen LogP contribution < -0.4 is 11.1 Å². The molecule has 0 spiro atoms. The van der Waals surface area contributed by atoms with Crippen molar-refractivity contribution < 1.29 is 4.79 Å². The van der Waals surface area contributed by atoms with Crippen molar-refractivity contribution in [3.05, 3.63) is 52.8 Å². The Morgan fingerprint density at radius 3 is 2.86 bits per heavy atom. The number of nitrogens with zero attached hydrogens (tertiary/aromatic N) is 2. The van der Waals surface area contributed by atoms with Crippen LogP contribution >= 0.6 is 11.3 Å². The second kappa shape index (κ2) is 5.49. The molecule has 0 bridgehead atoms. The maximum Gasteiger partial charge on any atom is 0.263 e. The number of hydrogen-bond acceptors (Lipinski definition) is 5. The van der Waals surface area contributed by atoms with Crippen LogP contribution in [0.4, 0.5) is 5.69 Å². The van der Waals surface area contributed by atoms with Gasteiger partial charge in [0, 0.05) is 12.7 Å². The summed E-state index contributed by atoms with van der Waals surface area (Å²) in [5.41, 5.74) is 7.52. The van der Waals surface area contributed by atoms with Crippen LogP contribution in [-0.2, 0) is 6.54 Å². The fourth-order valence-electron chi connectivity index (χ4n) is 2.01. The second-order valence-electron chi connectivity index (χ2n) is 4.65. The molecular weight excluding hydrogens is 284 g/mol. The first-order valence-electron chi connectivity index (χ1n) is 6.49. The Bertz CT molecular complexity index is 798. The van der Waals surface area contributed by atoms with Gasteiger partial charge in [-0.15, -0.1) is 11.3 Å². The second-order valence-corrected chi connectivity index (χ2v) is 5.65. The van der Waals surface area contributed by atoms with Crippen molar-refractivity contribution in [2.24, 2.45) is 0 Å². The third-order valence-electron chi connectivity index (χ3n) is 3.11. The number of carbonyl (C=O) groups excluding carboxylic acids is 1. The lowest BCUT2D eigenvalue weighted by Gasteiger charge is -2.04. The SMILES string of the molecule is Cc1ncc2c(N)c(C(=O)NCc3ccccc3)sc2n1. The van der Waals surface area contributed by atoms with Crippen molar-refractivity contribution in [1.29, 1.82) is 0 Å². The summed E-state index contributed by atoms with van der Waals surface area (Å²) in [6.07, 6.45) is 1.66. The molecule has 0 aliphatic rings. The number of amides is 1. The number of nitrogens with two attached hydrogens (primary N) is 1. The summed E-state index contributed by atoms with van der Waals surface area (Å²) in [7, 11) is 0. The molecule has 5 nitrogen and oxygen atoms in total. The normalized spacial score (nSPS) is 10.7. The smallest absolute Gasteiger partial charge is 0.263 e. The van der Waals surface area contributed by atoms with Gasteiger partial charge in [0.2, 0.25) is 0 Å². The van der Waals surface area contributed by atoms with Gasteiger partial charge in [0.05, 0.1) is 11.1 Å². The molecule has 0 aliphatic heterocycles. The Morgan fingerprint density at radius 1 is 1.33 bits per heavy atom. The van der Waals surface area contributed by atoms with E-state index in [1.807, 2.05) is 37.3 Å². The summed E-state index contributed by atoms with van der Waals surface area (Å²) < 4.78 is 0. The molecule has 106 valence electrons. The van der Waals surface area contributed by atoms with Gasteiger partial charge in [-0.05, 0) is 12.5 Å². The highest BCUT2D eigenvalue weighted by Crippen LogP contribution is 2.31. The van der Waals surface area contributed by atoms with Crippen LogP contribution in [0.1, 0.15) is 21.1 Å². The number of aromatic nitrogens is 2. The van der Waals surface area contributed by atoms with E-state index >= 15 is 0 Å². The summed E-state index contributed by atoms with van der Waals surface area (Å²) in [6.45, 7) is 2.28. The van der Waals surface area contributed by atoms with Gasteiger partial charge in [0.25, 0.3) is 5.91 Å². The van der Waals surface area contributed by atoms with Gasteiger partial charge in [-0.1, -0.05) is 30.3 Å². The summed E-state index contributed by atoms with van der Waals surface area (Å²) in [6, 6.07) is 9.74. The maximum absolute atomic E-state index is 12.3. The Balaban J connectivity index is 1.83. The van der Waals surface area contributed by atoms with Crippen LogP contribution in [0.15, 0.2) is 36.5 Å². The molecule has 1 aromatic carbocycles. The molecule has 3 N–H and O–H groups in total. The lowest BCUT2D eigenvalue weighted by Crippen LogP contribution is -2.22. The van der Waals surface area contributed by atoms with Crippen LogP contribution in [0.3, 0.4) is 0 Å². The average molecular weight is 298 g/mol. The number of rotatable bonds is 3. The zero-order chi connectivity index (χ0) is 14.8. The van der Waals surface area contributed by atoms with Crippen LogP contribution in [0.5, 0.6) is 0 Å². The van der Waals surface area contributed by atoms with E-state index in [2.05, 4.69) is 15.3 Å². The van der Waals surface area contributed by atoms with Crippen molar-refractivity contribution in [1.82, 2.24) is 15.3 Å². The van der Waals surface area contributed by atoms with Crippen LogP contribution in [0.25, 0.3) is 10.2 Å². The summed E-state index contributed by atoms with van der Waals surface area (Å²) in [5, 5.41) is 3.61. The van der Waals surface area contributed by atoms with Crippen molar-refractivity contribution in [3.8, 4) is 0 Å². The van der Waals surface area contributed by atoms with Gasteiger partial charge in [0.15, 0.2) is 0 Å². The highest BCUT2D eigenvalue weighted by Gasteiger charge is 2.17. The molecule has 3 aromatic rings. The van der Waals surface area contributed by atoms with Gasteiger partial charge in [0.1, 0.15) is 15.5 Å². The van der Waals surface area contributed by atoms with E-state index in [1.54, 1.807) is 6.20 Å². The topological polar surface area (TPSA) is 80.9 Å². The van der Waals surface area contributed by atoms with Gasteiger partial charge < -0.3 is 11.1 Å². The molecule has 2 aromatic heterocycles. The van der Waals surface area contributed by atoms with E-state index < -0.39 is 0 Å². The Kier molecular flexibility index (Phi) is 3.53. The molecule has 0 radical (unpaired) electrons. The lowest BCUT2D eigenvalue weighted by atomic mass is 10.2. The minimum Gasteiger partial charge on any atom is -0.397 e. The largest absolute Gasteiger partial charge is 0.397 e. The fourth-order valence-corrected chi connectivity index (χ4v) is 3.04. The number of thiophene rings is 1. The maximum atomic E-state index is 12.3. The van der Waals surface area contributed by atoms with Crippen molar-refractivity contribution in [3.63, 3.8) is 0 Å². The van der Waals surface area contributed by atoms with Crippen molar-refractivity contribution in [2.75, 3.05) is 5.73 Å². The number of hydrogen-bond donors (Lipinski definition) is 2. The highest BCUT2D eigenvalue weighted by molar-refractivity contribution is 7.21. The molecule has 3 rings (SSSR count). The van der Waals surface area contributed by atoms with Crippen molar-refractivity contribution >= 4 is 33.1 Å². The number of fused-ring (bicyclic) bond motifs is 1. The van der Waals surface area contributed by atoms with Crippen molar-refractivity contribution in [2.45, 2.75) is 13.5 Å². The van der Waals surface area contributed by atoms with Crippen LogP contribution in [0.2, 0.25) is 0 Å². The number of anilines is 1. The van der Waals surface area contributed by atoms with E-state index in [1.165, 1.54) is 11.3 Å². The highest BCUT2D eigenvalue weighted by atomic mass is 32.1. The quantitative estimate of drug-likeness (QED) is 0.778. The Morgan fingerprint density at radius 2 is 2.10 bits per heavy atom. The zero-order valence-electron chi connectivity index (χ0n) is 11.5. The number of nitrogens with one attached hydrogen (secondary N) is 1. The molecular formula is C15H14N4OS. The standard InChI is InChI=1S/C15H14N4OS/c1-9-17-8-11-12(16)13(21-15(11)19-9)14(20)18-7-10-5-3-2-4-6-10/h2-6,8H,7,16H2,1H3,(H,18,20). The molecule has 0 atom stereocenters. The monoisotopic (exact) mass is 298 g/mol. The summed E-state index contributed by atoms with van der Waals surface area (Å²) in [5.74, 6) is 0.483. The van der Waals surface area contributed by atoms with Gasteiger partial charge in [-0.3, -0.25) is 4.79 Å². The van der Waals surface area contributed by atoms with E-state index in [0.29, 0.717) is 22.9 Å². The van der Waals surface area contributed by atoms with E-state index in [-0.39, 0.29) is 5.91 Å². The first kappa shape index (κ1) is 13.5. The molecule has 0 saturated carbocycles. The molecule has 0 fully saturated rings. The van der Waals surface area contributed by atoms with E-state index in [4.69, 9.17) is 5.73 Å². The molecule has 0 saturated heterocycles. The van der Waals surface area contributed by atoms with Gasteiger partial charge >= 0.3 is 0 Å². The average Bonchev–Trinajstić information content (AvgIpc) is 2.82. The molecule has 0 aliphatic carbocycles. The minimum absolute atomic E-state index is 0.183. The molecule has 0 unspecified atom stereocenters. The first-order valence-corrected chi connectivity index (χ1v) is 7.30. The Labute approximate surface area is 125 Å². The van der Waals surface area contributed by atoms with Gasteiger partial charge in [-0.25, -0.2) is 9.97 Å². The first-order chi connectivity index (χ1) is 10.1. The third kappa shape index (κ3) is 2.71. The zero-order valence-corrected chi connectivity index (χ0v) is 12.3. The molecule has 2 heterocycles. The third-order valence-corrected chi connectivity index (χ3v) is 4.22. The lowest BCUT2D eigenvalue weighted by molar-refractivity contribution is 0.0956. The number of aryl methyl sites for hydroxylation is 1. The van der Waals surface area contributed by atoms with Crippen LogP contribution in [-0.4, -0.2) is 15.9 Å². The summed E-state index contributed by atoms with van der Waals surface area (Å²) in [4.78, 5) is 21.9. The predicted molar refractivity (Wildman–Crippen MR) is 84.2 cm³/mol. The van der Waals surface area contributed by atoms with E-state index in [0.717, 1.165) is 15.8 Å². The minimum atomic E-state index is -0.183. The van der Waals surface area contributed by atoms with Gasteiger partial charge in [-0.2, -0.15) is 0 Å². The predicted octanol–water partition coefficient (Wildman–Crippen LogP) is 2.51. The fraction of sp³-hybridized carbons (Fsp3) is 0.133. The summed E-state index contributed by atoms with van der Waals surface area (Å²) >= 11 is 1.29. The van der Waals surface area contributed by atoms with Crippen LogP contribution in [0, 0.1) is 6.92 Å². The molecule has 6 heteroatoms.